The molecule has 3 aliphatic rings. The fourth-order valence-electron chi connectivity index (χ4n) is 5.63. The Kier molecular flexibility index (Phi) is 6.59. The lowest BCUT2D eigenvalue weighted by molar-refractivity contribution is -0.138. The van der Waals surface area contributed by atoms with Crippen molar-refractivity contribution >= 4 is 23.1 Å². The van der Waals surface area contributed by atoms with Crippen LogP contribution >= 0.6 is 0 Å². The van der Waals surface area contributed by atoms with Gasteiger partial charge in [0.05, 0.1) is 28.9 Å². The zero-order valence-corrected chi connectivity index (χ0v) is 20.8. The van der Waals surface area contributed by atoms with Crippen LogP contribution in [0, 0.1) is 11.8 Å². The van der Waals surface area contributed by atoms with Crippen molar-refractivity contribution in [2.45, 2.75) is 50.4 Å². The normalized spacial score (nSPS) is 20.4. The van der Waals surface area contributed by atoms with Gasteiger partial charge in [-0.15, -0.1) is 0 Å². The van der Waals surface area contributed by atoms with Gasteiger partial charge < -0.3 is 10.2 Å². The minimum atomic E-state index is -4.69. The van der Waals surface area contributed by atoms with Gasteiger partial charge in [-0.25, -0.2) is 0 Å². The smallest absolute Gasteiger partial charge is 0.366 e. The molecule has 2 fully saturated rings. The molecule has 37 heavy (non-hydrogen) atoms. The topological polar surface area (TPSA) is 52.6 Å². The van der Waals surface area contributed by atoms with Gasteiger partial charge in [0.1, 0.15) is 0 Å². The van der Waals surface area contributed by atoms with Crippen LogP contribution in [0.15, 0.2) is 48.0 Å². The average molecular weight is 508 g/mol. The van der Waals surface area contributed by atoms with Crippen LogP contribution in [0.5, 0.6) is 0 Å². The lowest BCUT2D eigenvalue weighted by atomic mass is 9.86. The predicted octanol–water partition coefficient (Wildman–Crippen LogP) is 5.05. The zero-order chi connectivity index (χ0) is 26.3. The summed E-state index contributed by atoms with van der Waals surface area (Å²) in [5.74, 6) is 4.57. The highest BCUT2D eigenvalue weighted by molar-refractivity contribution is 6.30. The summed E-state index contributed by atoms with van der Waals surface area (Å²) in [6.07, 6.45) is 1.45. The summed E-state index contributed by atoms with van der Waals surface area (Å²) < 4.78 is 40.7. The molecule has 1 amide bonds. The number of amides is 1. The number of halogens is 3. The second-order valence-corrected chi connectivity index (χ2v) is 10.1. The highest BCUT2D eigenvalue weighted by Crippen LogP contribution is 2.42. The molecule has 192 valence electrons. The number of carbonyl (C=O) groups excluding carboxylic acids is 2. The zero-order valence-electron chi connectivity index (χ0n) is 20.8. The fraction of sp³-hybridized carbons (Fsp3) is 0.379. The van der Waals surface area contributed by atoms with E-state index < -0.39 is 29.0 Å². The van der Waals surface area contributed by atoms with Gasteiger partial charge in [0, 0.05) is 23.3 Å². The molecular formula is C29H28F3N3O2. The third kappa shape index (κ3) is 4.88. The molecular weight excluding hydrogens is 479 g/mol. The molecule has 2 aromatic carbocycles. The minimum Gasteiger partial charge on any atom is -0.366 e. The quantitative estimate of drug-likeness (QED) is 0.465. The Morgan fingerprint density at radius 1 is 1.11 bits per heavy atom. The van der Waals surface area contributed by atoms with Crippen LogP contribution in [-0.2, 0) is 17.4 Å². The number of fused-ring (bicyclic) bond motifs is 3. The molecule has 0 aromatic heterocycles. The summed E-state index contributed by atoms with van der Waals surface area (Å²) in [7, 11) is 3.81. The molecule has 0 radical (unpaired) electrons. The first kappa shape index (κ1) is 25.1. The fourth-order valence-corrected chi connectivity index (χ4v) is 5.63. The largest absolute Gasteiger partial charge is 0.417 e. The number of Topliss-reactive ketones (excluding diaryl/α,β-unsaturated/α-hetero) is 1. The molecule has 2 heterocycles. The van der Waals surface area contributed by atoms with Gasteiger partial charge in [0.2, 0.25) is 0 Å². The van der Waals surface area contributed by atoms with E-state index >= 15 is 0 Å². The standard InChI is InChI=1S/C29H28F3N3O2/c1-34(2)16-4-6-19-17-22(35-20-9-10-21(35)12-11-20)13-15-25(19)33-28(37)23-14-8-18-5-3-7-24(29(30,31)32)26(18)27(23)36/h3,5,7,13-15,17,20-21H,8-12,16H2,1-2H3,(H,33,37). The first-order valence-corrected chi connectivity index (χ1v) is 12.4. The van der Waals surface area contributed by atoms with Gasteiger partial charge in [0.15, 0.2) is 5.78 Å². The van der Waals surface area contributed by atoms with Crippen molar-refractivity contribution in [2.75, 3.05) is 30.9 Å². The third-order valence-corrected chi connectivity index (χ3v) is 7.32. The van der Waals surface area contributed by atoms with Crippen LogP contribution in [0.1, 0.15) is 52.7 Å². The van der Waals surface area contributed by atoms with Crippen LogP contribution in [0.2, 0.25) is 0 Å². The Hall–Kier alpha value is -3.57. The molecule has 2 aromatic rings. The summed E-state index contributed by atoms with van der Waals surface area (Å²) in [5, 5.41) is 2.75. The Balaban J connectivity index is 1.44. The lowest BCUT2D eigenvalue weighted by Crippen LogP contribution is -2.28. The number of benzene rings is 2. The monoisotopic (exact) mass is 507 g/mol. The predicted molar refractivity (Wildman–Crippen MR) is 137 cm³/mol. The van der Waals surface area contributed by atoms with Gasteiger partial charge >= 0.3 is 6.18 Å². The van der Waals surface area contributed by atoms with Gasteiger partial charge in [-0.3, -0.25) is 14.5 Å². The number of hydrogen-bond acceptors (Lipinski definition) is 4. The van der Waals surface area contributed by atoms with Crippen molar-refractivity contribution in [3.63, 3.8) is 0 Å². The number of ketones is 1. The van der Waals surface area contributed by atoms with E-state index in [1.165, 1.54) is 43.9 Å². The third-order valence-electron chi connectivity index (χ3n) is 7.32. The number of allylic oxidation sites excluding steroid dienone is 1. The Morgan fingerprint density at radius 2 is 1.81 bits per heavy atom. The Morgan fingerprint density at radius 3 is 2.46 bits per heavy atom. The van der Waals surface area contributed by atoms with Crippen LogP contribution in [0.3, 0.4) is 0 Å². The molecule has 1 aliphatic carbocycles. The molecule has 5 nitrogen and oxygen atoms in total. The van der Waals surface area contributed by atoms with Gasteiger partial charge in [0.25, 0.3) is 5.91 Å². The molecule has 2 bridgehead atoms. The van der Waals surface area contributed by atoms with E-state index in [2.05, 4.69) is 22.1 Å². The van der Waals surface area contributed by atoms with Crippen molar-refractivity contribution in [1.82, 2.24) is 4.90 Å². The number of rotatable bonds is 4. The van der Waals surface area contributed by atoms with E-state index in [4.69, 9.17) is 0 Å². The first-order chi connectivity index (χ1) is 17.6. The molecule has 0 atom stereocenters. The second kappa shape index (κ2) is 9.71. The van der Waals surface area contributed by atoms with Gasteiger partial charge in [-0.2, -0.15) is 13.2 Å². The first-order valence-electron chi connectivity index (χ1n) is 12.4. The van der Waals surface area contributed by atoms with Crippen molar-refractivity contribution in [1.29, 1.82) is 0 Å². The SMILES string of the molecule is CN(C)CC#Cc1cc(N2C3CCC2CC3)ccc1NC(=O)C1=CCc2cccc(C(F)(F)F)c2C1=O. The summed E-state index contributed by atoms with van der Waals surface area (Å²) >= 11 is 0. The summed E-state index contributed by atoms with van der Waals surface area (Å²) in [6, 6.07) is 10.3. The van der Waals surface area contributed by atoms with Gasteiger partial charge in [-0.1, -0.05) is 30.0 Å². The molecule has 1 N–H and O–H groups in total. The van der Waals surface area contributed by atoms with Crippen LogP contribution in [0.4, 0.5) is 24.5 Å². The van der Waals surface area contributed by atoms with E-state index in [9.17, 15) is 22.8 Å². The van der Waals surface area contributed by atoms with Crippen molar-refractivity contribution in [3.05, 3.63) is 70.3 Å². The number of nitrogens with zero attached hydrogens (tertiary/aromatic N) is 2. The molecule has 0 saturated carbocycles. The number of nitrogens with one attached hydrogen (secondary N) is 1. The number of carbonyl (C=O) groups is 2. The molecule has 8 heteroatoms. The molecule has 5 rings (SSSR count). The van der Waals surface area contributed by atoms with Crippen molar-refractivity contribution < 1.29 is 22.8 Å². The number of anilines is 2. The molecule has 2 aliphatic heterocycles. The number of hydrogen-bond donors (Lipinski definition) is 1. The summed E-state index contributed by atoms with van der Waals surface area (Å²) in [6.45, 7) is 0.521. The number of alkyl halides is 3. The average Bonchev–Trinajstić information content (AvgIpc) is 3.45. The highest BCUT2D eigenvalue weighted by Gasteiger charge is 2.40. The van der Waals surface area contributed by atoms with Crippen molar-refractivity contribution in [3.8, 4) is 11.8 Å². The Labute approximate surface area is 214 Å². The Bertz CT molecular complexity index is 1330. The second-order valence-electron chi connectivity index (χ2n) is 10.1. The maximum Gasteiger partial charge on any atom is 0.417 e. The van der Waals surface area contributed by atoms with Gasteiger partial charge in [-0.05, 0) is 76.0 Å². The van der Waals surface area contributed by atoms with Crippen LogP contribution in [0.25, 0.3) is 0 Å². The van der Waals surface area contributed by atoms with Crippen LogP contribution in [-0.4, -0.2) is 49.3 Å². The van der Waals surface area contributed by atoms with E-state index in [1.807, 2.05) is 31.1 Å². The van der Waals surface area contributed by atoms with E-state index in [0.717, 1.165) is 11.8 Å². The minimum absolute atomic E-state index is 0.0694. The van der Waals surface area contributed by atoms with Crippen molar-refractivity contribution in [2.24, 2.45) is 0 Å². The summed E-state index contributed by atoms with van der Waals surface area (Å²) in [5.41, 5.74) is 0.583. The molecule has 2 saturated heterocycles. The lowest BCUT2D eigenvalue weighted by Gasteiger charge is -2.25. The summed E-state index contributed by atoms with van der Waals surface area (Å²) in [4.78, 5) is 30.6. The van der Waals surface area contributed by atoms with E-state index in [-0.39, 0.29) is 17.6 Å². The maximum absolute atomic E-state index is 13.6. The van der Waals surface area contributed by atoms with E-state index in [0.29, 0.717) is 29.9 Å². The molecule has 0 unspecified atom stereocenters. The highest BCUT2D eigenvalue weighted by atomic mass is 19.4. The maximum atomic E-state index is 13.6. The molecule has 0 spiro atoms. The van der Waals surface area contributed by atoms with Crippen LogP contribution < -0.4 is 10.2 Å². The van der Waals surface area contributed by atoms with E-state index in [1.54, 1.807) is 6.07 Å².